The molecule has 1 saturated heterocycles. The van der Waals surface area contributed by atoms with Crippen molar-refractivity contribution in [3.8, 4) is 16.9 Å². The largest absolute Gasteiger partial charge is 0.506 e. The van der Waals surface area contributed by atoms with Gasteiger partial charge in [-0.1, -0.05) is 58.9 Å². The number of aliphatic hydroxyl groups is 1. The van der Waals surface area contributed by atoms with E-state index in [1.807, 2.05) is 43.0 Å². The molecule has 2 aliphatic heterocycles. The van der Waals surface area contributed by atoms with E-state index in [2.05, 4.69) is 36.3 Å². The van der Waals surface area contributed by atoms with E-state index in [-0.39, 0.29) is 22.8 Å². The van der Waals surface area contributed by atoms with E-state index in [4.69, 9.17) is 0 Å². The van der Waals surface area contributed by atoms with Crippen molar-refractivity contribution in [2.75, 3.05) is 36.4 Å². The van der Waals surface area contributed by atoms with Gasteiger partial charge >= 0.3 is 6.18 Å². The minimum Gasteiger partial charge on any atom is -0.506 e. The highest BCUT2D eigenvalue weighted by atomic mass is 19.4. The molecule has 1 atom stereocenters. The van der Waals surface area contributed by atoms with Crippen molar-refractivity contribution in [2.45, 2.75) is 71.4 Å². The summed E-state index contributed by atoms with van der Waals surface area (Å²) in [4.78, 5) is 4.33. The number of anilines is 3. The van der Waals surface area contributed by atoms with Crippen molar-refractivity contribution < 1.29 is 27.8 Å². The summed E-state index contributed by atoms with van der Waals surface area (Å²) in [7, 11) is 0. The molecule has 10 heteroatoms. The summed E-state index contributed by atoms with van der Waals surface area (Å²) in [5.74, 6) is -0.982. The van der Waals surface area contributed by atoms with Crippen molar-refractivity contribution in [1.82, 2.24) is 10.2 Å². The zero-order chi connectivity index (χ0) is 32.0. The van der Waals surface area contributed by atoms with Gasteiger partial charge in [0.15, 0.2) is 6.35 Å². The Bertz CT molecular complexity index is 1480. The van der Waals surface area contributed by atoms with Crippen LogP contribution in [0.1, 0.15) is 58.6 Å². The van der Waals surface area contributed by atoms with Gasteiger partial charge in [0.1, 0.15) is 11.6 Å². The van der Waals surface area contributed by atoms with Crippen LogP contribution in [0, 0.1) is 11.2 Å². The summed E-state index contributed by atoms with van der Waals surface area (Å²) in [6.45, 7) is 13.8. The van der Waals surface area contributed by atoms with Gasteiger partial charge in [0.2, 0.25) is 0 Å². The Morgan fingerprint density at radius 3 is 2.25 bits per heavy atom. The average molecular weight is 615 g/mol. The van der Waals surface area contributed by atoms with Crippen molar-refractivity contribution in [3.05, 3.63) is 71.5 Å². The fourth-order valence-electron chi connectivity index (χ4n) is 6.60. The lowest BCUT2D eigenvalue weighted by atomic mass is 9.81. The Morgan fingerprint density at radius 2 is 1.64 bits per heavy atom. The molecule has 44 heavy (non-hydrogen) atoms. The number of para-hydroxylation sites is 2. The molecule has 0 radical (unpaired) electrons. The molecular weight excluding hydrogens is 572 g/mol. The van der Waals surface area contributed by atoms with Crippen LogP contribution >= 0.6 is 0 Å². The van der Waals surface area contributed by atoms with Gasteiger partial charge < -0.3 is 25.3 Å². The summed E-state index contributed by atoms with van der Waals surface area (Å²) in [5, 5.41) is 28.5. The van der Waals surface area contributed by atoms with E-state index in [1.54, 1.807) is 0 Å². The molecule has 3 aromatic rings. The molecule has 3 aromatic carbocycles. The van der Waals surface area contributed by atoms with E-state index in [1.165, 1.54) is 12.1 Å². The maximum absolute atomic E-state index is 15.5. The predicted octanol–water partition coefficient (Wildman–Crippen LogP) is 7.43. The second-order valence-electron chi connectivity index (χ2n) is 13.9. The van der Waals surface area contributed by atoms with Gasteiger partial charge in [-0.3, -0.25) is 5.32 Å². The summed E-state index contributed by atoms with van der Waals surface area (Å²) < 4.78 is 55.2. The van der Waals surface area contributed by atoms with Crippen LogP contribution in [0.5, 0.6) is 5.75 Å². The molecule has 0 amide bonds. The molecule has 238 valence electrons. The SMILES string of the molecule is CC(C)(C)CN1CCC(NC(O)Nc2ccccc2N2CC(C)(C)c3c(-c4ccc(C(F)(F)F)cc4)c(F)cc(O)c32)CC1. The first-order valence-electron chi connectivity index (χ1n) is 15.1. The van der Waals surface area contributed by atoms with Crippen molar-refractivity contribution in [2.24, 2.45) is 5.41 Å². The van der Waals surface area contributed by atoms with Crippen molar-refractivity contribution in [3.63, 3.8) is 0 Å². The van der Waals surface area contributed by atoms with Crippen LogP contribution in [0.3, 0.4) is 0 Å². The maximum Gasteiger partial charge on any atom is 0.416 e. The smallest absolute Gasteiger partial charge is 0.416 e. The lowest BCUT2D eigenvalue weighted by Crippen LogP contribution is -2.49. The van der Waals surface area contributed by atoms with Crippen LogP contribution in [0.15, 0.2) is 54.6 Å². The number of nitrogens with zero attached hydrogens (tertiary/aromatic N) is 2. The highest BCUT2D eigenvalue weighted by Crippen LogP contribution is 2.54. The Balaban J connectivity index is 1.41. The number of hydrogen-bond acceptors (Lipinski definition) is 6. The van der Waals surface area contributed by atoms with Gasteiger partial charge in [0.05, 0.1) is 22.6 Å². The summed E-state index contributed by atoms with van der Waals surface area (Å²) in [5.41, 5.74) is 1.34. The molecule has 6 nitrogen and oxygen atoms in total. The third-order valence-corrected chi connectivity index (χ3v) is 8.40. The standard InChI is InChI=1S/C34H42F4N4O2/c1-32(2,3)19-41-16-14-23(15-17-41)39-31(44)40-25-8-6-7-9-26(25)42-20-33(4,5)29-28(24(35)18-27(43)30(29)42)21-10-12-22(13-11-21)34(36,37)38/h6-13,18,23,31,39-40,43-44H,14-17,19-20H2,1-5H3. The van der Waals surface area contributed by atoms with E-state index in [0.717, 1.165) is 50.7 Å². The minimum absolute atomic E-state index is 0.144. The van der Waals surface area contributed by atoms with Gasteiger partial charge in [-0.25, -0.2) is 4.39 Å². The van der Waals surface area contributed by atoms with Crippen LogP contribution in [0.25, 0.3) is 11.1 Å². The molecule has 1 unspecified atom stereocenters. The van der Waals surface area contributed by atoms with Gasteiger partial charge in [-0.15, -0.1) is 0 Å². The van der Waals surface area contributed by atoms with Crippen molar-refractivity contribution >= 4 is 17.1 Å². The predicted molar refractivity (Wildman–Crippen MR) is 167 cm³/mol. The molecule has 0 spiro atoms. The fraction of sp³-hybridized carbons (Fsp3) is 0.471. The van der Waals surface area contributed by atoms with Gasteiger partial charge in [0.25, 0.3) is 0 Å². The number of phenols is 1. The number of phenolic OH excluding ortho intramolecular Hbond substituents is 1. The van der Waals surface area contributed by atoms with Crippen molar-refractivity contribution in [1.29, 1.82) is 0 Å². The third kappa shape index (κ3) is 6.82. The highest BCUT2D eigenvalue weighted by Gasteiger charge is 2.42. The molecular formula is C34H42F4N4O2. The Morgan fingerprint density at radius 1 is 1.00 bits per heavy atom. The first-order chi connectivity index (χ1) is 20.5. The number of piperidine rings is 1. The molecule has 2 heterocycles. The van der Waals surface area contributed by atoms with Gasteiger partial charge in [-0.2, -0.15) is 13.2 Å². The zero-order valence-electron chi connectivity index (χ0n) is 25.9. The number of hydrogen-bond donors (Lipinski definition) is 4. The molecule has 0 saturated carbocycles. The molecule has 0 aromatic heterocycles. The highest BCUT2D eigenvalue weighted by molar-refractivity contribution is 5.89. The van der Waals surface area contributed by atoms with E-state index in [9.17, 15) is 23.4 Å². The number of benzene rings is 3. The second-order valence-corrected chi connectivity index (χ2v) is 13.9. The van der Waals surface area contributed by atoms with Gasteiger partial charge in [0, 0.05) is 36.2 Å². The van der Waals surface area contributed by atoms with E-state index in [0.29, 0.717) is 34.7 Å². The molecule has 5 rings (SSSR count). The molecule has 2 aliphatic rings. The Kier molecular flexibility index (Phi) is 8.65. The summed E-state index contributed by atoms with van der Waals surface area (Å²) >= 11 is 0. The van der Waals surface area contributed by atoms with E-state index < -0.39 is 29.3 Å². The molecule has 0 bridgehead atoms. The number of likely N-dealkylation sites (tertiary alicyclic amines) is 1. The quantitative estimate of drug-likeness (QED) is 0.164. The maximum atomic E-state index is 15.5. The lowest BCUT2D eigenvalue weighted by molar-refractivity contribution is -0.137. The lowest BCUT2D eigenvalue weighted by Gasteiger charge is -2.37. The molecule has 4 N–H and O–H groups in total. The van der Waals surface area contributed by atoms with Gasteiger partial charge in [-0.05, 0) is 66.7 Å². The fourth-order valence-corrected chi connectivity index (χ4v) is 6.60. The average Bonchev–Trinajstić information content (AvgIpc) is 3.20. The first kappa shape index (κ1) is 32.1. The number of alkyl halides is 3. The number of aliphatic hydroxyl groups excluding tert-OH is 1. The van der Waals surface area contributed by atoms with Crippen LogP contribution in [-0.4, -0.2) is 53.7 Å². The third-order valence-electron chi connectivity index (χ3n) is 8.40. The van der Waals surface area contributed by atoms with Crippen LogP contribution in [0.4, 0.5) is 34.6 Å². The van der Waals surface area contributed by atoms with Crippen LogP contribution < -0.4 is 15.5 Å². The summed E-state index contributed by atoms with van der Waals surface area (Å²) in [6.07, 6.45) is -3.72. The second kappa shape index (κ2) is 11.9. The molecule has 0 aliphatic carbocycles. The number of aromatic hydroxyl groups is 1. The van der Waals surface area contributed by atoms with Crippen LogP contribution in [-0.2, 0) is 11.6 Å². The summed E-state index contributed by atoms with van der Waals surface area (Å²) in [6, 6.07) is 12.9. The first-order valence-corrected chi connectivity index (χ1v) is 15.1. The topological polar surface area (TPSA) is 71.0 Å². The number of rotatable bonds is 7. The Labute approximate surface area is 256 Å². The van der Waals surface area contributed by atoms with E-state index >= 15 is 4.39 Å². The number of halogens is 4. The number of nitrogens with one attached hydrogen (secondary N) is 2. The van der Waals surface area contributed by atoms with Crippen LogP contribution in [0.2, 0.25) is 0 Å². The Hall–Kier alpha value is -3.34. The molecule has 1 fully saturated rings. The zero-order valence-corrected chi connectivity index (χ0v) is 25.9. The number of fused-ring (bicyclic) bond motifs is 1. The monoisotopic (exact) mass is 614 g/mol. The minimum atomic E-state index is -4.51. The normalized spacial score (nSPS) is 18.4.